The van der Waals surface area contributed by atoms with Crippen LogP contribution in [-0.4, -0.2) is 58.6 Å². The Hall–Kier alpha value is -3.15. The van der Waals surface area contributed by atoms with Gasteiger partial charge in [-0.15, -0.1) is 0 Å². The SMILES string of the molecule is O=C(C(=O)N1CCN(C(=O)c2ccccc2)CC1)c1c[nH]c2c1=CCCC=2. The summed E-state index contributed by atoms with van der Waals surface area (Å²) in [4.78, 5) is 44.2. The van der Waals surface area contributed by atoms with Crippen molar-refractivity contribution in [1.29, 1.82) is 0 Å². The summed E-state index contributed by atoms with van der Waals surface area (Å²) in [6, 6.07) is 9.10. The van der Waals surface area contributed by atoms with E-state index in [-0.39, 0.29) is 5.91 Å². The number of nitrogens with zero attached hydrogens (tertiary/aromatic N) is 2. The van der Waals surface area contributed by atoms with Crippen LogP contribution in [0.3, 0.4) is 0 Å². The summed E-state index contributed by atoms with van der Waals surface area (Å²) >= 11 is 0. The highest BCUT2D eigenvalue weighted by Crippen LogP contribution is 2.10. The highest BCUT2D eigenvalue weighted by molar-refractivity contribution is 6.42. The number of rotatable bonds is 3. The second-order valence-corrected chi connectivity index (χ2v) is 6.79. The van der Waals surface area contributed by atoms with Crippen molar-refractivity contribution in [2.75, 3.05) is 26.2 Å². The molecule has 6 nitrogen and oxygen atoms in total. The molecule has 2 aliphatic rings. The molecule has 27 heavy (non-hydrogen) atoms. The van der Waals surface area contributed by atoms with Crippen LogP contribution in [0.25, 0.3) is 12.2 Å². The lowest BCUT2D eigenvalue weighted by molar-refractivity contribution is -0.127. The van der Waals surface area contributed by atoms with Crippen LogP contribution >= 0.6 is 0 Å². The van der Waals surface area contributed by atoms with Gasteiger partial charge in [-0.05, 0) is 25.0 Å². The fourth-order valence-electron chi connectivity index (χ4n) is 3.62. The predicted molar refractivity (Wildman–Crippen MR) is 101 cm³/mol. The maximum absolute atomic E-state index is 12.7. The fraction of sp³-hybridized carbons (Fsp3) is 0.286. The van der Waals surface area contributed by atoms with Crippen molar-refractivity contribution in [3.8, 4) is 0 Å². The maximum Gasteiger partial charge on any atom is 0.295 e. The zero-order valence-corrected chi connectivity index (χ0v) is 15.0. The molecule has 138 valence electrons. The molecule has 1 saturated heterocycles. The molecule has 2 aromatic rings. The smallest absolute Gasteiger partial charge is 0.295 e. The molecule has 2 heterocycles. The minimum Gasteiger partial charge on any atom is -0.361 e. The van der Waals surface area contributed by atoms with E-state index in [0.29, 0.717) is 37.3 Å². The lowest BCUT2D eigenvalue weighted by Crippen LogP contribution is -2.52. The minimum atomic E-state index is -0.498. The molecule has 6 heteroatoms. The van der Waals surface area contributed by atoms with Gasteiger partial charge < -0.3 is 14.8 Å². The number of carbonyl (C=O) groups is 3. The summed E-state index contributed by atoms with van der Waals surface area (Å²) in [7, 11) is 0. The van der Waals surface area contributed by atoms with Crippen molar-refractivity contribution in [2.45, 2.75) is 12.8 Å². The number of hydrogen-bond donors (Lipinski definition) is 1. The topological polar surface area (TPSA) is 73.5 Å². The van der Waals surface area contributed by atoms with Gasteiger partial charge in [-0.3, -0.25) is 14.4 Å². The molecule has 1 aliphatic carbocycles. The third-order valence-corrected chi connectivity index (χ3v) is 5.13. The first-order valence-electron chi connectivity index (χ1n) is 9.21. The molecule has 0 saturated carbocycles. The molecule has 0 atom stereocenters. The molecular formula is C21H21N3O3. The van der Waals surface area contributed by atoms with Crippen molar-refractivity contribution in [3.05, 3.63) is 58.2 Å². The number of amides is 2. The second kappa shape index (κ2) is 7.23. The van der Waals surface area contributed by atoms with Crippen LogP contribution in [0.5, 0.6) is 0 Å². The van der Waals surface area contributed by atoms with Crippen LogP contribution in [0, 0.1) is 0 Å². The molecule has 1 aliphatic heterocycles. The first kappa shape index (κ1) is 17.3. The van der Waals surface area contributed by atoms with Gasteiger partial charge in [0, 0.05) is 48.5 Å². The van der Waals surface area contributed by atoms with Crippen LogP contribution < -0.4 is 10.6 Å². The third kappa shape index (κ3) is 3.30. The Morgan fingerprint density at radius 3 is 2.26 bits per heavy atom. The molecule has 1 aromatic carbocycles. The maximum atomic E-state index is 12.7. The number of benzene rings is 1. The standard InChI is InChI=1S/C21H21N3O3/c25-19(17-14-22-18-9-5-4-8-16(17)18)21(27)24-12-10-23(11-13-24)20(26)15-6-2-1-3-7-15/h1-3,6-9,14,22H,4-5,10-13H2. The van der Waals surface area contributed by atoms with Gasteiger partial charge in [0.05, 0.1) is 5.56 Å². The number of fused-ring (bicyclic) bond motifs is 1. The average molecular weight is 363 g/mol. The van der Waals surface area contributed by atoms with Gasteiger partial charge in [-0.25, -0.2) is 0 Å². The Morgan fingerprint density at radius 2 is 1.52 bits per heavy atom. The predicted octanol–water partition coefficient (Wildman–Crippen LogP) is 0.537. The minimum absolute atomic E-state index is 0.0427. The van der Waals surface area contributed by atoms with Gasteiger partial charge in [0.1, 0.15) is 0 Å². The van der Waals surface area contributed by atoms with Crippen molar-refractivity contribution >= 4 is 29.7 Å². The fourth-order valence-corrected chi connectivity index (χ4v) is 3.62. The van der Waals surface area contributed by atoms with E-state index >= 15 is 0 Å². The van der Waals surface area contributed by atoms with Crippen LogP contribution in [0.1, 0.15) is 33.6 Å². The van der Waals surface area contributed by atoms with Gasteiger partial charge in [0.25, 0.3) is 17.6 Å². The highest BCUT2D eigenvalue weighted by Gasteiger charge is 2.29. The number of nitrogens with one attached hydrogen (secondary N) is 1. The van der Waals surface area contributed by atoms with Gasteiger partial charge in [-0.2, -0.15) is 0 Å². The molecule has 0 unspecified atom stereocenters. The number of H-pyrrole nitrogens is 1. The number of aromatic amines is 1. The van der Waals surface area contributed by atoms with Crippen LogP contribution in [-0.2, 0) is 4.79 Å². The van der Waals surface area contributed by atoms with E-state index in [4.69, 9.17) is 0 Å². The number of piperazine rings is 1. The van der Waals surface area contributed by atoms with Gasteiger partial charge in [-0.1, -0.05) is 30.4 Å². The van der Waals surface area contributed by atoms with Crippen molar-refractivity contribution in [3.63, 3.8) is 0 Å². The number of ketones is 1. The zero-order chi connectivity index (χ0) is 18.8. The summed E-state index contributed by atoms with van der Waals surface area (Å²) in [5.41, 5.74) is 1.08. The van der Waals surface area contributed by atoms with Gasteiger partial charge in [0.15, 0.2) is 0 Å². The van der Waals surface area contributed by atoms with Gasteiger partial charge >= 0.3 is 0 Å². The third-order valence-electron chi connectivity index (χ3n) is 5.13. The van der Waals surface area contributed by atoms with E-state index in [1.54, 1.807) is 28.1 Å². The molecule has 0 radical (unpaired) electrons. The summed E-state index contributed by atoms with van der Waals surface area (Å²) in [6.07, 6.45) is 7.48. The number of Topliss-reactive ketones (excluding diaryl/α,β-unsaturated/α-hetero) is 1. The number of hydrogen-bond acceptors (Lipinski definition) is 3. The van der Waals surface area contributed by atoms with E-state index in [0.717, 1.165) is 23.4 Å². The van der Waals surface area contributed by atoms with Crippen LogP contribution in [0.15, 0.2) is 36.5 Å². The Morgan fingerprint density at radius 1 is 0.852 bits per heavy atom. The average Bonchev–Trinajstić information content (AvgIpc) is 3.17. The van der Waals surface area contributed by atoms with Gasteiger partial charge in [0.2, 0.25) is 0 Å². The quantitative estimate of drug-likeness (QED) is 0.639. The Labute approximate surface area is 156 Å². The van der Waals surface area contributed by atoms with E-state index < -0.39 is 11.7 Å². The first-order valence-corrected chi connectivity index (χ1v) is 9.21. The lowest BCUT2D eigenvalue weighted by Gasteiger charge is -2.34. The Balaban J connectivity index is 1.43. The van der Waals surface area contributed by atoms with Crippen molar-refractivity contribution < 1.29 is 14.4 Å². The van der Waals surface area contributed by atoms with E-state index in [1.165, 1.54) is 0 Å². The van der Waals surface area contributed by atoms with E-state index in [2.05, 4.69) is 4.98 Å². The molecular weight excluding hydrogens is 342 g/mol. The molecule has 4 rings (SSSR count). The second-order valence-electron chi connectivity index (χ2n) is 6.79. The molecule has 2 amide bonds. The highest BCUT2D eigenvalue weighted by atomic mass is 16.2. The lowest BCUT2D eigenvalue weighted by atomic mass is 10.1. The molecule has 0 spiro atoms. The van der Waals surface area contributed by atoms with Crippen molar-refractivity contribution in [2.24, 2.45) is 0 Å². The summed E-state index contributed by atoms with van der Waals surface area (Å²) in [5.74, 6) is -1.02. The summed E-state index contributed by atoms with van der Waals surface area (Å²) in [5, 5.41) is 1.74. The Kier molecular flexibility index (Phi) is 4.62. The van der Waals surface area contributed by atoms with Crippen molar-refractivity contribution in [1.82, 2.24) is 14.8 Å². The Bertz CT molecular complexity index is 999. The number of carbonyl (C=O) groups excluding carboxylic acids is 3. The monoisotopic (exact) mass is 363 g/mol. The molecule has 1 fully saturated rings. The molecule has 1 N–H and O–H groups in total. The molecule has 0 bridgehead atoms. The van der Waals surface area contributed by atoms with Crippen LogP contribution in [0.4, 0.5) is 0 Å². The number of aromatic nitrogens is 1. The van der Waals surface area contributed by atoms with E-state index in [1.807, 2.05) is 30.4 Å². The normalized spacial score (nSPS) is 16.1. The molecule has 1 aromatic heterocycles. The first-order chi connectivity index (χ1) is 13.1. The summed E-state index contributed by atoms with van der Waals surface area (Å²) in [6.45, 7) is 1.59. The van der Waals surface area contributed by atoms with Crippen LogP contribution in [0.2, 0.25) is 0 Å². The zero-order valence-electron chi connectivity index (χ0n) is 15.0. The summed E-state index contributed by atoms with van der Waals surface area (Å²) < 4.78 is 0. The van der Waals surface area contributed by atoms with E-state index in [9.17, 15) is 14.4 Å². The largest absolute Gasteiger partial charge is 0.361 e.